The van der Waals surface area contributed by atoms with Crippen molar-refractivity contribution in [3.05, 3.63) is 65.7 Å². The van der Waals surface area contributed by atoms with Gasteiger partial charge in [0.25, 0.3) is 0 Å². The lowest BCUT2D eigenvalue weighted by molar-refractivity contribution is -0.121. The number of hydrogen-bond donors (Lipinski definition) is 2. The van der Waals surface area contributed by atoms with Crippen molar-refractivity contribution in [2.45, 2.75) is 23.8 Å². The van der Waals surface area contributed by atoms with Gasteiger partial charge >= 0.3 is 0 Å². The molecule has 1 aliphatic rings. The predicted molar refractivity (Wildman–Crippen MR) is 126 cm³/mol. The Morgan fingerprint density at radius 2 is 1.91 bits per heavy atom. The van der Waals surface area contributed by atoms with Crippen LogP contribution in [-0.2, 0) is 9.53 Å². The van der Waals surface area contributed by atoms with Crippen LogP contribution in [-0.4, -0.2) is 65.4 Å². The summed E-state index contributed by atoms with van der Waals surface area (Å²) in [5.74, 6) is 0.767. The minimum atomic E-state index is -0.0683. The molecule has 2 heterocycles. The number of nitrogens with one attached hydrogen (secondary N) is 2. The van der Waals surface area contributed by atoms with Gasteiger partial charge in [-0.15, -0.1) is 5.10 Å². The number of rotatable bonds is 9. The molecule has 1 atom stereocenters. The normalized spacial score (nSPS) is 15.4. The molecule has 2 aromatic carbocycles. The number of carbonyl (C=O) groups excluding carboxylic acids is 1. The molecular weight excluding hydrogens is 422 g/mol. The van der Waals surface area contributed by atoms with Crippen LogP contribution >= 0.6 is 11.8 Å². The third-order valence-electron chi connectivity index (χ3n) is 5.43. The van der Waals surface area contributed by atoms with E-state index < -0.39 is 0 Å². The van der Waals surface area contributed by atoms with E-state index in [1.54, 1.807) is 0 Å². The van der Waals surface area contributed by atoms with Gasteiger partial charge < -0.3 is 10.1 Å². The van der Waals surface area contributed by atoms with Gasteiger partial charge in [-0.3, -0.25) is 14.8 Å². The minimum Gasteiger partial charge on any atom is -0.379 e. The SMILES string of the molecule is Cc1ccc(-c2nc(S[C@H](CC(=O)NCCN3CCOCC3)c3ccccc3)n[nH]2)cc1. The number of carbonyl (C=O) groups is 1. The van der Waals surface area contributed by atoms with Crippen molar-refractivity contribution in [2.24, 2.45) is 0 Å². The zero-order valence-corrected chi connectivity index (χ0v) is 19.1. The van der Waals surface area contributed by atoms with E-state index in [9.17, 15) is 4.79 Å². The fourth-order valence-corrected chi connectivity index (χ4v) is 4.61. The fraction of sp³-hybridized carbons (Fsp3) is 0.375. The van der Waals surface area contributed by atoms with E-state index in [4.69, 9.17) is 4.74 Å². The van der Waals surface area contributed by atoms with Gasteiger partial charge in [0.05, 0.1) is 13.2 Å². The average Bonchev–Trinajstić information content (AvgIpc) is 3.29. The van der Waals surface area contributed by atoms with Gasteiger partial charge in [0.1, 0.15) is 0 Å². The first-order valence-corrected chi connectivity index (χ1v) is 11.8. The Morgan fingerprint density at radius 1 is 1.16 bits per heavy atom. The van der Waals surface area contributed by atoms with E-state index in [2.05, 4.69) is 44.5 Å². The maximum absolute atomic E-state index is 12.7. The molecule has 8 heteroatoms. The summed E-state index contributed by atoms with van der Waals surface area (Å²) in [6.45, 7) is 6.92. The highest BCUT2D eigenvalue weighted by atomic mass is 32.2. The number of nitrogens with zero attached hydrogens (tertiary/aromatic N) is 3. The zero-order chi connectivity index (χ0) is 22.2. The molecule has 0 saturated carbocycles. The molecule has 1 aliphatic heterocycles. The molecule has 4 rings (SSSR count). The predicted octanol–water partition coefficient (Wildman–Crippen LogP) is 3.45. The van der Waals surface area contributed by atoms with Gasteiger partial charge in [0.15, 0.2) is 5.82 Å². The van der Waals surface area contributed by atoms with Crippen molar-refractivity contribution in [1.29, 1.82) is 0 Å². The molecule has 3 aromatic rings. The third kappa shape index (κ3) is 6.41. The average molecular weight is 452 g/mol. The first kappa shape index (κ1) is 22.5. The summed E-state index contributed by atoms with van der Waals surface area (Å²) < 4.78 is 5.37. The van der Waals surface area contributed by atoms with Crippen LogP contribution in [0.4, 0.5) is 0 Å². The first-order chi connectivity index (χ1) is 15.7. The monoisotopic (exact) mass is 451 g/mol. The molecule has 168 valence electrons. The maximum atomic E-state index is 12.7. The number of aromatic nitrogens is 3. The highest BCUT2D eigenvalue weighted by molar-refractivity contribution is 7.99. The van der Waals surface area contributed by atoms with E-state index in [0.717, 1.165) is 49.8 Å². The Labute approximate surface area is 193 Å². The van der Waals surface area contributed by atoms with Crippen LogP contribution < -0.4 is 5.32 Å². The first-order valence-electron chi connectivity index (χ1n) is 11.0. The summed E-state index contributed by atoms with van der Waals surface area (Å²) in [4.78, 5) is 19.7. The standard InChI is InChI=1S/C24H29N5O2S/c1-18-7-9-20(10-8-18)23-26-24(28-27-23)32-21(19-5-3-2-4-6-19)17-22(30)25-11-12-29-13-15-31-16-14-29/h2-10,21H,11-17H2,1H3,(H,25,30)(H,26,27,28)/t21-/m1/s1. The van der Waals surface area contributed by atoms with Crippen molar-refractivity contribution < 1.29 is 9.53 Å². The number of thioether (sulfide) groups is 1. The van der Waals surface area contributed by atoms with Crippen LogP contribution in [0.1, 0.15) is 22.8 Å². The van der Waals surface area contributed by atoms with Crippen LogP contribution in [0.15, 0.2) is 59.8 Å². The van der Waals surface area contributed by atoms with Gasteiger partial charge in [-0.2, -0.15) is 0 Å². The molecule has 7 nitrogen and oxygen atoms in total. The van der Waals surface area contributed by atoms with Gasteiger partial charge in [0, 0.05) is 43.4 Å². The summed E-state index contributed by atoms with van der Waals surface area (Å²) in [6.07, 6.45) is 0.367. The molecule has 1 amide bonds. The second-order valence-corrected chi connectivity index (χ2v) is 9.03. The second kappa shape index (κ2) is 11.3. The Kier molecular flexibility index (Phi) is 7.92. The highest BCUT2D eigenvalue weighted by Gasteiger charge is 2.20. The molecule has 1 fully saturated rings. The summed E-state index contributed by atoms with van der Waals surface area (Å²) >= 11 is 1.51. The van der Waals surface area contributed by atoms with Crippen molar-refractivity contribution in [3.63, 3.8) is 0 Å². The second-order valence-electron chi connectivity index (χ2n) is 7.86. The Balaban J connectivity index is 1.38. The summed E-state index contributed by atoms with van der Waals surface area (Å²) in [7, 11) is 0. The van der Waals surface area contributed by atoms with E-state index in [1.165, 1.54) is 17.3 Å². The molecule has 32 heavy (non-hydrogen) atoms. The number of aromatic amines is 1. The van der Waals surface area contributed by atoms with Crippen molar-refractivity contribution in [2.75, 3.05) is 39.4 Å². The molecule has 2 N–H and O–H groups in total. The molecule has 1 aromatic heterocycles. The quantitative estimate of drug-likeness (QED) is 0.485. The number of morpholine rings is 1. The summed E-state index contributed by atoms with van der Waals surface area (Å²) in [5, 5.41) is 11.0. The largest absolute Gasteiger partial charge is 0.379 e. The smallest absolute Gasteiger partial charge is 0.221 e. The summed E-state index contributed by atoms with van der Waals surface area (Å²) in [6, 6.07) is 18.2. The Hall–Kier alpha value is -2.68. The van der Waals surface area contributed by atoms with Gasteiger partial charge in [0.2, 0.25) is 11.1 Å². The molecule has 1 saturated heterocycles. The number of aryl methyl sites for hydroxylation is 1. The molecule has 0 radical (unpaired) electrons. The Morgan fingerprint density at radius 3 is 2.66 bits per heavy atom. The minimum absolute atomic E-state index is 0.0360. The van der Waals surface area contributed by atoms with Crippen molar-refractivity contribution >= 4 is 17.7 Å². The van der Waals surface area contributed by atoms with Crippen LogP contribution in [0.5, 0.6) is 0 Å². The number of H-pyrrole nitrogens is 1. The Bertz CT molecular complexity index is 987. The molecule has 0 aliphatic carbocycles. The lowest BCUT2D eigenvalue weighted by Crippen LogP contribution is -2.41. The number of ether oxygens (including phenoxy) is 1. The molecule has 0 bridgehead atoms. The maximum Gasteiger partial charge on any atom is 0.221 e. The topological polar surface area (TPSA) is 83.1 Å². The van der Waals surface area contributed by atoms with Gasteiger partial charge in [-0.05, 0) is 12.5 Å². The van der Waals surface area contributed by atoms with Gasteiger partial charge in [-0.25, -0.2) is 4.98 Å². The molecule has 0 spiro atoms. The third-order valence-corrected chi connectivity index (χ3v) is 6.55. The number of hydrogen-bond acceptors (Lipinski definition) is 6. The lowest BCUT2D eigenvalue weighted by Gasteiger charge is -2.26. The molecule has 0 unspecified atom stereocenters. The van der Waals surface area contributed by atoms with Crippen LogP contribution in [0.25, 0.3) is 11.4 Å². The van der Waals surface area contributed by atoms with Crippen LogP contribution in [0.3, 0.4) is 0 Å². The highest BCUT2D eigenvalue weighted by Crippen LogP contribution is 2.36. The van der Waals surface area contributed by atoms with Gasteiger partial charge in [-0.1, -0.05) is 71.9 Å². The van der Waals surface area contributed by atoms with Crippen molar-refractivity contribution in [1.82, 2.24) is 25.4 Å². The lowest BCUT2D eigenvalue weighted by atomic mass is 10.1. The molecular formula is C24H29N5O2S. The van der Waals surface area contributed by atoms with E-state index >= 15 is 0 Å². The van der Waals surface area contributed by atoms with Crippen LogP contribution in [0, 0.1) is 6.92 Å². The zero-order valence-electron chi connectivity index (χ0n) is 18.3. The summed E-state index contributed by atoms with van der Waals surface area (Å²) in [5.41, 5.74) is 3.28. The van der Waals surface area contributed by atoms with E-state index in [1.807, 2.05) is 42.5 Å². The van der Waals surface area contributed by atoms with E-state index in [0.29, 0.717) is 18.1 Å². The van der Waals surface area contributed by atoms with Crippen molar-refractivity contribution in [3.8, 4) is 11.4 Å². The fourth-order valence-electron chi connectivity index (χ4n) is 3.58. The van der Waals surface area contributed by atoms with Crippen LogP contribution in [0.2, 0.25) is 0 Å². The number of amides is 1. The van der Waals surface area contributed by atoms with E-state index in [-0.39, 0.29) is 11.2 Å². The number of benzene rings is 2.